The molecule has 1 aromatic heterocycles. The van der Waals surface area contributed by atoms with Crippen LogP contribution in [0.5, 0.6) is 11.5 Å². The molecule has 3 aromatic rings. The van der Waals surface area contributed by atoms with Gasteiger partial charge in [-0.3, -0.25) is 4.79 Å². The van der Waals surface area contributed by atoms with E-state index in [2.05, 4.69) is 5.32 Å². The number of carbonyl (C=O) groups is 1. The second-order valence-corrected chi connectivity index (χ2v) is 7.38. The zero-order valence-corrected chi connectivity index (χ0v) is 17.4. The molecule has 3 rings (SSSR count). The van der Waals surface area contributed by atoms with E-state index in [9.17, 15) is 10.1 Å². The monoisotopic (exact) mass is 418 g/mol. The molecule has 0 unspecified atom stereocenters. The number of rotatable bonds is 9. The zero-order chi connectivity index (χ0) is 21.2. The van der Waals surface area contributed by atoms with Gasteiger partial charge in [-0.1, -0.05) is 42.5 Å². The van der Waals surface area contributed by atoms with Crippen LogP contribution in [0.4, 0.5) is 0 Å². The summed E-state index contributed by atoms with van der Waals surface area (Å²) in [6.07, 6.45) is 1.55. The Hall–Kier alpha value is -3.56. The predicted molar refractivity (Wildman–Crippen MR) is 118 cm³/mol. The molecule has 0 aliphatic carbocycles. The first-order chi connectivity index (χ1) is 14.7. The number of thiophene rings is 1. The number of nitrogens with one attached hydrogen (secondary N) is 1. The van der Waals surface area contributed by atoms with Crippen molar-refractivity contribution in [3.63, 3.8) is 0 Å². The number of nitriles is 1. The van der Waals surface area contributed by atoms with Crippen LogP contribution in [0.1, 0.15) is 22.9 Å². The molecule has 5 nitrogen and oxygen atoms in total. The molecule has 0 bridgehead atoms. The molecule has 0 fully saturated rings. The van der Waals surface area contributed by atoms with Gasteiger partial charge in [-0.25, -0.2) is 0 Å². The van der Waals surface area contributed by atoms with E-state index >= 15 is 0 Å². The van der Waals surface area contributed by atoms with Crippen LogP contribution in [0.25, 0.3) is 6.08 Å². The van der Waals surface area contributed by atoms with Gasteiger partial charge >= 0.3 is 0 Å². The van der Waals surface area contributed by atoms with Gasteiger partial charge in [-0.2, -0.15) is 5.26 Å². The van der Waals surface area contributed by atoms with Gasteiger partial charge in [0.15, 0.2) is 11.5 Å². The molecule has 0 saturated heterocycles. The average Bonchev–Trinajstić information content (AvgIpc) is 3.30. The van der Waals surface area contributed by atoms with E-state index in [0.717, 1.165) is 10.4 Å². The van der Waals surface area contributed by atoms with E-state index in [1.807, 2.05) is 60.8 Å². The normalized spacial score (nSPS) is 10.9. The van der Waals surface area contributed by atoms with Crippen molar-refractivity contribution in [2.24, 2.45) is 0 Å². The molecular weight excluding hydrogens is 396 g/mol. The molecule has 0 spiro atoms. The van der Waals surface area contributed by atoms with Crippen LogP contribution < -0.4 is 14.8 Å². The van der Waals surface area contributed by atoms with Crippen molar-refractivity contribution in [2.45, 2.75) is 20.1 Å². The minimum atomic E-state index is -0.409. The highest BCUT2D eigenvalue weighted by Gasteiger charge is 2.11. The first-order valence-corrected chi connectivity index (χ1v) is 10.4. The van der Waals surface area contributed by atoms with Crippen molar-refractivity contribution >= 4 is 23.3 Å². The van der Waals surface area contributed by atoms with Gasteiger partial charge in [-0.05, 0) is 47.7 Å². The quantitative estimate of drug-likeness (QED) is 0.394. The lowest BCUT2D eigenvalue weighted by atomic mass is 10.1. The Morgan fingerprint density at radius 2 is 1.93 bits per heavy atom. The number of benzene rings is 2. The Balaban J connectivity index is 1.72. The maximum atomic E-state index is 12.4. The minimum absolute atomic E-state index is 0.0342. The summed E-state index contributed by atoms with van der Waals surface area (Å²) in [5.74, 6) is 0.769. The molecule has 0 atom stereocenters. The largest absolute Gasteiger partial charge is 0.490 e. The summed E-state index contributed by atoms with van der Waals surface area (Å²) in [6.45, 7) is 3.18. The maximum absolute atomic E-state index is 12.4. The van der Waals surface area contributed by atoms with Crippen molar-refractivity contribution < 1.29 is 14.3 Å². The summed E-state index contributed by atoms with van der Waals surface area (Å²) in [6, 6.07) is 21.1. The number of ether oxygens (including phenoxy) is 2. The summed E-state index contributed by atoms with van der Waals surface area (Å²) < 4.78 is 11.6. The number of nitrogens with zero attached hydrogens (tertiary/aromatic N) is 1. The fourth-order valence-corrected chi connectivity index (χ4v) is 3.37. The molecule has 0 saturated carbocycles. The van der Waals surface area contributed by atoms with Crippen molar-refractivity contribution in [1.82, 2.24) is 5.32 Å². The van der Waals surface area contributed by atoms with E-state index in [-0.39, 0.29) is 5.57 Å². The number of hydrogen-bond donors (Lipinski definition) is 1. The van der Waals surface area contributed by atoms with Crippen LogP contribution >= 0.6 is 11.3 Å². The van der Waals surface area contributed by atoms with Gasteiger partial charge in [0, 0.05) is 4.88 Å². The molecule has 1 heterocycles. The summed E-state index contributed by atoms with van der Waals surface area (Å²) in [5.41, 5.74) is 1.78. The third-order valence-electron chi connectivity index (χ3n) is 4.18. The standard InChI is InChI=1S/C24H22N2O3S/c1-2-28-23-14-19(10-11-22(23)29-17-18-7-4-3-5-8-18)13-20(15-25)24(27)26-16-21-9-6-12-30-21/h3-14H,2,16-17H2,1H3,(H,26,27)/b20-13+. The fraction of sp³-hybridized carbons (Fsp3) is 0.167. The molecule has 152 valence electrons. The van der Waals surface area contributed by atoms with E-state index in [1.165, 1.54) is 0 Å². The van der Waals surface area contributed by atoms with Gasteiger partial charge in [-0.15, -0.1) is 11.3 Å². The highest BCUT2D eigenvalue weighted by Crippen LogP contribution is 2.30. The first-order valence-electron chi connectivity index (χ1n) is 9.55. The van der Waals surface area contributed by atoms with E-state index < -0.39 is 5.91 Å². The number of carbonyl (C=O) groups excluding carboxylic acids is 1. The van der Waals surface area contributed by atoms with Crippen LogP contribution in [0.2, 0.25) is 0 Å². The van der Waals surface area contributed by atoms with Crippen LogP contribution in [0.3, 0.4) is 0 Å². The van der Waals surface area contributed by atoms with Crippen LogP contribution in [-0.2, 0) is 17.9 Å². The van der Waals surface area contributed by atoms with Crippen molar-refractivity contribution in [3.8, 4) is 17.6 Å². The van der Waals surface area contributed by atoms with Crippen molar-refractivity contribution in [3.05, 3.63) is 87.6 Å². The van der Waals surface area contributed by atoms with E-state index in [4.69, 9.17) is 9.47 Å². The highest BCUT2D eigenvalue weighted by atomic mass is 32.1. The Morgan fingerprint density at radius 1 is 1.10 bits per heavy atom. The second-order valence-electron chi connectivity index (χ2n) is 6.35. The van der Waals surface area contributed by atoms with Gasteiger partial charge in [0.05, 0.1) is 13.2 Å². The highest BCUT2D eigenvalue weighted by molar-refractivity contribution is 7.09. The Kier molecular flexibility index (Phi) is 7.64. The third-order valence-corrected chi connectivity index (χ3v) is 5.06. The zero-order valence-electron chi connectivity index (χ0n) is 16.6. The first kappa shape index (κ1) is 21.2. The molecule has 0 radical (unpaired) electrons. The summed E-state index contributed by atoms with van der Waals surface area (Å²) in [4.78, 5) is 13.4. The SMILES string of the molecule is CCOc1cc(/C=C(\C#N)C(=O)NCc2cccs2)ccc1OCc1ccccc1. The smallest absolute Gasteiger partial charge is 0.262 e. The van der Waals surface area contributed by atoms with Crippen LogP contribution in [0.15, 0.2) is 71.6 Å². The lowest BCUT2D eigenvalue weighted by molar-refractivity contribution is -0.117. The molecule has 6 heteroatoms. The molecule has 1 N–H and O–H groups in total. The topological polar surface area (TPSA) is 71.3 Å². The number of hydrogen-bond acceptors (Lipinski definition) is 5. The van der Waals surface area contributed by atoms with Gasteiger partial charge in [0.1, 0.15) is 18.2 Å². The van der Waals surface area contributed by atoms with Crippen LogP contribution in [0, 0.1) is 11.3 Å². The van der Waals surface area contributed by atoms with Crippen molar-refractivity contribution in [2.75, 3.05) is 6.61 Å². The molecule has 0 aliphatic rings. The lowest BCUT2D eigenvalue weighted by Crippen LogP contribution is -2.23. The Bertz CT molecular complexity index is 1040. The van der Waals surface area contributed by atoms with Crippen molar-refractivity contribution in [1.29, 1.82) is 5.26 Å². The minimum Gasteiger partial charge on any atom is -0.490 e. The van der Waals surface area contributed by atoms with E-state index in [1.54, 1.807) is 35.6 Å². The number of amides is 1. The van der Waals surface area contributed by atoms with E-state index in [0.29, 0.717) is 36.8 Å². The second kappa shape index (κ2) is 10.8. The van der Waals surface area contributed by atoms with Gasteiger partial charge in [0.25, 0.3) is 5.91 Å². The third kappa shape index (κ3) is 5.97. The lowest BCUT2D eigenvalue weighted by Gasteiger charge is -2.13. The molecule has 2 aromatic carbocycles. The fourth-order valence-electron chi connectivity index (χ4n) is 2.73. The average molecular weight is 419 g/mol. The van der Waals surface area contributed by atoms with Gasteiger partial charge in [0.2, 0.25) is 0 Å². The predicted octanol–water partition coefficient (Wildman–Crippen LogP) is 4.95. The maximum Gasteiger partial charge on any atom is 0.262 e. The van der Waals surface area contributed by atoms with Gasteiger partial charge < -0.3 is 14.8 Å². The molecule has 0 aliphatic heterocycles. The Morgan fingerprint density at radius 3 is 2.63 bits per heavy atom. The Labute approximate surface area is 180 Å². The molecule has 30 heavy (non-hydrogen) atoms. The summed E-state index contributed by atoms with van der Waals surface area (Å²) in [7, 11) is 0. The summed E-state index contributed by atoms with van der Waals surface area (Å²) in [5, 5.41) is 14.1. The molecular formula is C24H22N2O3S. The van der Waals surface area contributed by atoms with Crippen LogP contribution in [-0.4, -0.2) is 12.5 Å². The molecule has 1 amide bonds. The summed E-state index contributed by atoms with van der Waals surface area (Å²) >= 11 is 1.55.